The lowest BCUT2D eigenvalue weighted by Gasteiger charge is -2.11. The molecule has 1 aliphatic carbocycles. The van der Waals surface area contributed by atoms with Gasteiger partial charge < -0.3 is 10.4 Å². The standard InChI is InChI=1S/C17H19NO2/c1-11(10-19)18-17(20)16-9-15(16)14-8-4-6-12-5-2-3-7-13(12)14/h2-8,11,15-16,19H,9-10H2,1H3,(H,18,20). The van der Waals surface area contributed by atoms with Gasteiger partial charge in [-0.15, -0.1) is 0 Å². The minimum Gasteiger partial charge on any atom is -0.394 e. The molecule has 2 aromatic carbocycles. The van der Waals surface area contributed by atoms with Crippen molar-refractivity contribution >= 4 is 16.7 Å². The number of fused-ring (bicyclic) bond motifs is 1. The average Bonchev–Trinajstić information content (AvgIpc) is 3.27. The maximum atomic E-state index is 12.1. The third kappa shape index (κ3) is 2.41. The Bertz CT molecular complexity index is 632. The highest BCUT2D eigenvalue weighted by Crippen LogP contribution is 2.49. The molecule has 0 aromatic heterocycles. The van der Waals surface area contributed by atoms with Gasteiger partial charge in [0.05, 0.1) is 6.61 Å². The maximum Gasteiger partial charge on any atom is 0.224 e. The molecule has 1 saturated carbocycles. The van der Waals surface area contributed by atoms with Gasteiger partial charge in [-0.2, -0.15) is 0 Å². The number of carbonyl (C=O) groups excluding carboxylic acids is 1. The normalized spacial score (nSPS) is 22.5. The molecule has 1 aliphatic rings. The first kappa shape index (κ1) is 13.1. The number of hydrogen-bond acceptors (Lipinski definition) is 2. The van der Waals surface area contributed by atoms with Crippen molar-refractivity contribution in [1.82, 2.24) is 5.32 Å². The summed E-state index contributed by atoms with van der Waals surface area (Å²) < 4.78 is 0. The molecule has 0 bridgehead atoms. The zero-order valence-corrected chi connectivity index (χ0v) is 11.5. The van der Waals surface area contributed by atoms with Crippen LogP contribution >= 0.6 is 0 Å². The van der Waals surface area contributed by atoms with E-state index in [9.17, 15) is 4.79 Å². The van der Waals surface area contributed by atoms with Crippen LogP contribution in [-0.2, 0) is 4.79 Å². The first-order valence-electron chi connectivity index (χ1n) is 7.09. The van der Waals surface area contributed by atoms with Gasteiger partial charge in [0.15, 0.2) is 0 Å². The number of benzene rings is 2. The van der Waals surface area contributed by atoms with Gasteiger partial charge in [0.25, 0.3) is 0 Å². The highest BCUT2D eigenvalue weighted by molar-refractivity contribution is 5.89. The molecule has 3 unspecified atom stereocenters. The second-order valence-electron chi connectivity index (χ2n) is 5.61. The number of amides is 1. The van der Waals surface area contributed by atoms with E-state index in [0.717, 1.165) is 6.42 Å². The van der Waals surface area contributed by atoms with E-state index in [1.807, 2.05) is 19.1 Å². The summed E-state index contributed by atoms with van der Waals surface area (Å²) in [6, 6.07) is 14.4. The van der Waals surface area contributed by atoms with Crippen LogP contribution in [0.25, 0.3) is 10.8 Å². The molecular formula is C17H19NO2. The predicted molar refractivity (Wildman–Crippen MR) is 79.5 cm³/mol. The van der Waals surface area contributed by atoms with Crippen LogP contribution in [0.1, 0.15) is 24.8 Å². The molecule has 0 radical (unpaired) electrons. The van der Waals surface area contributed by atoms with Gasteiger partial charge in [0.1, 0.15) is 0 Å². The largest absolute Gasteiger partial charge is 0.394 e. The highest BCUT2D eigenvalue weighted by atomic mass is 16.3. The van der Waals surface area contributed by atoms with Crippen LogP contribution in [0.15, 0.2) is 42.5 Å². The van der Waals surface area contributed by atoms with Gasteiger partial charge in [-0.05, 0) is 35.6 Å². The molecule has 0 aliphatic heterocycles. The van der Waals surface area contributed by atoms with Crippen LogP contribution in [0, 0.1) is 5.92 Å². The van der Waals surface area contributed by atoms with Crippen molar-refractivity contribution in [2.75, 3.05) is 6.61 Å². The molecule has 104 valence electrons. The van der Waals surface area contributed by atoms with Gasteiger partial charge in [-0.1, -0.05) is 42.5 Å². The average molecular weight is 269 g/mol. The summed E-state index contributed by atoms with van der Waals surface area (Å²) in [4.78, 5) is 12.1. The summed E-state index contributed by atoms with van der Waals surface area (Å²) in [5.41, 5.74) is 1.26. The number of carbonyl (C=O) groups is 1. The molecule has 3 heteroatoms. The summed E-state index contributed by atoms with van der Waals surface area (Å²) in [5, 5.41) is 14.3. The summed E-state index contributed by atoms with van der Waals surface area (Å²) in [5.74, 6) is 0.422. The number of rotatable bonds is 4. The van der Waals surface area contributed by atoms with E-state index in [0.29, 0.717) is 5.92 Å². The van der Waals surface area contributed by atoms with Gasteiger partial charge >= 0.3 is 0 Å². The Labute approximate surface area is 118 Å². The molecule has 0 saturated heterocycles. The summed E-state index contributed by atoms with van der Waals surface area (Å²) in [6.45, 7) is 1.80. The summed E-state index contributed by atoms with van der Waals surface area (Å²) >= 11 is 0. The van der Waals surface area contributed by atoms with Crippen molar-refractivity contribution in [2.24, 2.45) is 5.92 Å². The van der Waals surface area contributed by atoms with Crippen molar-refractivity contribution in [3.05, 3.63) is 48.0 Å². The minimum absolute atomic E-state index is 0.0165. The van der Waals surface area contributed by atoms with Crippen LogP contribution in [0.3, 0.4) is 0 Å². The topological polar surface area (TPSA) is 49.3 Å². The molecule has 20 heavy (non-hydrogen) atoms. The van der Waals surface area contributed by atoms with Gasteiger partial charge in [0.2, 0.25) is 5.91 Å². The second-order valence-corrected chi connectivity index (χ2v) is 5.61. The smallest absolute Gasteiger partial charge is 0.224 e. The zero-order valence-electron chi connectivity index (χ0n) is 11.5. The van der Waals surface area contributed by atoms with E-state index in [-0.39, 0.29) is 24.5 Å². The fourth-order valence-electron chi connectivity index (χ4n) is 2.80. The Morgan fingerprint density at radius 3 is 2.85 bits per heavy atom. The van der Waals surface area contributed by atoms with Gasteiger partial charge in [-0.25, -0.2) is 0 Å². The summed E-state index contributed by atoms with van der Waals surface area (Å²) in [6.07, 6.45) is 0.901. The molecular weight excluding hydrogens is 250 g/mol. The molecule has 0 spiro atoms. The molecule has 1 fully saturated rings. The van der Waals surface area contributed by atoms with E-state index in [1.165, 1.54) is 16.3 Å². The molecule has 0 heterocycles. The van der Waals surface area contributed by atoms with Gasteiger partial charge in [-0.3, -0.25) is 4.79 Å². The van der Waals surface area contributed by atoms with E-state index in [2.05, 4.69) is 35.6 Å². The highest BCUT2D eigenvalue weighted by Gasteiger charge is 2.44. The van der Waals surface area contributed by atoms with Crippen LogP contribution in [0.4, 0.5) is 0 Å². The van der Waals surface area contributed by atoms with Crippen LogP contribution < -0.4 is 5.32 Å². The Hall–Kier alpha value is -1.87. The van der Waals surface area contributed by atoms with Crippen molar-refractivity contribution in [1.29, 1.82) is 0 Å². The summed E-state index contributed by atoms with van der Waals surface area (Å²) in [7, 11) is 0. The molecule has 3 rings (SSSR count). The minimum atomic E-state index is -0.170. The van der Waals surface area contributed by atoms with Crippen molar-refractivity contribution < 1.29 is 9.90 Å². The monoisotopic (exact) mass is 269 g/mol. The van der Waals surface area contributed by atoms with Crippen molar-refractivity contribution in [3.63, 3.8) is 0 Å². The molecule has 2 N–H and O–H groups in total. The lowest BCUT2D eigenvalue weighted by molar-refractivity contribution is -0.123. The molecule has 1 amide bonds. The second kappa shape index (κ2) is 5.25. The van der Waals surface area contributed by atoms with Crippen LogP contribution in [0.5, 0.6) is 0 Å². The maximum absolute atomic E-state index is 12.1. The lowest BCUT2D eigenvalue weighted by Crippen LogP contribution is -2.36. The number of aliphatic hydroxyl groups excluding tert-OH is 1. The third-order valence-electron chi connectivity index (χ3n) is 4.01. The van der Waals surface area contributed by atoms with Gasteiger partial charge in [0, 0.05) is 12.0 Å². The lowest BCUT2D eigenvalue weighted by atomic mass is 10.00. The fraction of sp³-hybridized carbons (Fsp3) is 0.353. The quantitative estimate of drug-likeness (QED) is 0.895. The molecule has 3 nitrogen and oxygen atoms in total. The first-order valence-corrected chi connectivity index (χ1v) is 7.09. The Morgan fingerprint density at radius 1 is 1.30 bits per heavy atom. The number of hydrogen-bond donors (Lipinski definition) is 2. The number of aliphatic hydroxyl groups is 1. The van der Waals surface area contributed by atoms with Crippen molar-refractivity contribution in [3.8, 4) is 0 Å². The first-order chi connectivity index (χ1) is 9.70. The molecule has 2 aromatic rings. The zero-order chi connectivity index (χ0) is 14.1. The third-order valence-corrected chi connectivity index (χ3v) is 4.01. The Kier molecular flexibility index (Phi) is 3.45. The fourth-order valence-corrected chi connectivity index (χ4v) is 2.80. The predicted octanol–water partition coefficient (Wildman–Crippen LogP) is 2.44. The van der Waals surface area contributed by atoms with E-state index < -0.39 is 0 Å². The van der Waals surface area contributed by atoms with E-state index >= 15 is 0 Å². The van der Waals surface area contributed by atoms with E-state index in [1.54, 1.807) is 0 Å². The number of nitrogens with one attached hydrogen (secondary N) is 1. The van der Waals surface area contributed by atoms with E-state index in [4.69, 9.17) is 5.11 Å². The van der Waals surface area contributed by atoms with Crippen molar-refractivity contribution in [2.45, 2.75) is 25.3 Å². The SMILES string of the molecule is CC(CO)NC(=O)C1CC1c1cccc2ccccc12. The Balaban J connectivity index is 1.80. The Morgan fingerprint density at radius 2 is 2.05 bits per heavy atom. The van der Waals surface area contributed by atoms with Crippen LogP contribution in [0.2, 0.25) is 0 Å². The van der Waals surface area contributed by atoms with Crippen LogP contribution in [-0.4, -0.2) is 23.7 Å². The molecule has 3 atom stereocenters.